The Labute approximate surface area is 101 Å². The fourth-order valence-electron chi connectivity index (χ4n) is 1.51. The third kappa shape index (κ3) is 2.79. The first-order chi connectivity index (χ1) is 8.56. The van der Waals surface area contributed by atoms with E-state index in [9.17, 15) is 13.2 Å². The van der Waals surface area contributed by atoms with E-state index in [1.807, 2.05) is 0 Å². The van der Waals surface area contributed by atoms with Crippen molar-refractivity contribution < 1.29 is 13.2 Å². The summed E-state index contributed by atoms with van der Waals surface area (Å²) >= 11 is 0. The van der Waals surface area contributed by atoms with Gasteiger partial charge < -0.3 is 5.32 Å². The molecule has 0 saturated heterocycles. The number of nitrogens with one attached hydrogen (secondary N) is 1. The number of hydrogen-bond acceptors (Lipinski definition) is 3. The van der Waals surface area contributed by atoms with Crippen molar-refractivity contribution in [2.45, 2.75) is 19.5 Å². The molecule has 0 aliphatic carbocycles. The molecule has 0 saturated carbocycles. The number of nitrogens with zero attached hydrogens (tertiary/aromatic N) is 3. The predicted octanol–water partition coefficient (Wildman–Crippen LogP) is 2.20. The Kier molecular flexibility index (Phi) is 3.50. The minimum absolute atomic E-state index is 0.239. The minimum Gasteiger partial charge on any atom is -0.363 e. The molecule has 1 atom stereocenters. The van der Waals surface area contributed by atoms with Gasteiger partial charge in [-0.1, -0.05) is 0 Å². The van der Waals surface area contributed by atoms with Crippen LogP contribution in [-0.2, 0) is 6.54 Å². The molecule has 1 N–H and O–H groups in total. The van der Waals surface area contributed by atoms with Gasteiger partial charge in [0.2, 0.25) is 0 Å². The monoisotopic (exact) mass is 256 g/mol. The molecule has 2 heterocycles. The van der Waals surface area contributed by atoms with Gasteiger partial charge in [0.15, 0.2) is 17.5 Å². The zero-order valence-electron chi connectivity index (χ0n) is 9.57. The molecular weight excluding hydrogens is 245 g/mol. The van der Waals surface area contributed by atoms with Crippen LogP contribution in [0.2, 0.25) is 0 Å². The van der Waals surface area contributed by atoms with Crippen LogP contribution in [0.15, 0.2) is 24.5 Å². The lowest BCUT2D eigenvalue weighted by atomic mass is 10.3. The molecule has 0 fully saturated rings. The number of pyridine rings is 1. The molecule has 0 amide bonds. The fourth-order valence-corrected chi connectivity index (χ4v) is 1.51. The Balaban J connectivity index is 2.07. The summed E-state index contributed by atoms with van der Waals surface area (Å²) in [5.74, 6) is -3.88. The van der Waals surface area contributed by atoms with Crippen molar-refractivity contribution >= 4 is 5.82 Å². The number of aromatic nitrogens is 3. The van der Waals surface area contributed by atoms with Crippen LogP contribution in [0.5, 0.6) is 0 Å². The summed E-state index contributed by atoms with van der Waals surface area (Å²) in [4.78, 5) is 3.18. The van der Waals surface area contributed by atoms with Gasteiger partial charge in [0.25, 0.3) is 5.95 Å². The van der Waals surface area contributed by atoms with Crippen LogP contribution in [0, 0.1) is 17.6 Å². The van der Waals surface area contributed by atoms with Crippen LogP contribution in [0.25, 0.3) is 0 Å². The molecule has 0 aromatic carbocycles. The minimum atomic E-state index is -1.33. The van der Waals surface area contributed by atoms with Crippen molar-refractivity contribution in [3.05, 3.63) is 42.1 Å². The van der Waals surface area contributed by atoms with Crippen molar-refractivity contribution in [1.82, 2.24) is 14.8 Å². The van der Waals surface area contributed by atoms with Crippen LogP contribution in [-0.4, -0.2) is 20.8 Å². The Hall–Kier alpha value is -2.05. The average molecular weight is 256 g/mol. The lowest BCUT2D eigenvalue weighted by Gasteiger charge is -2.15. The quantitative estimate of drug-likeness (QED) is 0.853. The van der Waals surface area contributed by atoms with Crippen LogP contribution in [0.1, 0.15) is 6.92 Å². The summed E-state index contributed by atoms with van der Waals surface area (Å²) in [6.45, 7) is 2.21. The molecule has 0 spiro atoms. The van der Waals surface area contributed by atoms with Crippen molar-refractivity contribution in [3.8, 4) is 0 Å². The van der Waals surface area contributed by atoms with E-state index in [4.69, 9.17) is 0 Å². The third-order valence-corrected chi connectivity index (χ3v) is 2.29. The van der Waals surface area contributed by atoms with Gasteiger partial charge >= 0.3 is 0 Å². The van der Waals surface area contributed by atoms with E-state index in [2.05, 4.69) is 15.4 Å². The highest BCUT2D eigenvalue weighted by Gasteiger charge is 2.13. The van der Waals surface area contributed by atoms with Gasteiger partial charge in [-0.25, -0.2) is 8.78 Å². The highest BCUT2D eigenvalue weighted by molar-refractivity contribution is 5.37. The van der Waals surface area contributed by atoms with Gasteiger partial charge in [0.1, 0.15) is 0 Å². The first-order valence-electron chi connectivity index (χ1n) is 5.32. The van der Waals surface area contributed by atoms with Crippen molar-refractivity contribution in [2.24, 2.45) is 0 Å². The second kappa shape index (κ2) is 5.07. The molecule has 96 valence electrons. The standard InChI is InChI=1S/C11H11F3N4/c1-7(6-18-4-2-3-15-18)16-11-9(13)5-8(12)10(14)17-11/h2-5,7H,6H2,1H3,(H,16,17). The van der Waals surface area contributed by atoms with Gasteiger partial charge in [-0.2, -0.15) is 14.5 Å². The fraction of sp³-hybridized carbons (Fsp3) is 0.273. The Morgan fingerprint density at radius 1 is 1.33 bits per heavy atom. The van der Waals surface area contributed by atoms with Gasteiger partial charge in [0, 0.05) is 24.5 Å². The molecule has 0 bridgehead atoms. The number of hydrogen-bond donors (Lipinski definition) is 1. The smallest absolute Gasteiger partial charge is 0.251 e. The number of rotatable bonds is 4. The maximum Gasteiger partial charge on any atom is 0.251 e. The summed E-state index contributed by atoms with van der Waals surface area (Å²) in [6.07, 6.45) is 3.36. The highest BCUT2D eigenvalue weighted by Crippen LogP contribution is 2.15. The average Bonchev–Trinajstić information content (AvgIpc) is 2.78. The van der Waals surface area contributed by atoms with Gasteiger partial charge in [0.05, 0.1) is 6.54 Å². The molecule has 0 radical (unpaired) electrons. The van der Waals surface area contributed by atoms with Crippen LogP contribution < -0.4 is 5.32 Å². The normalized spacial score (nSPS) is 12.4. The molecule has 7 heteroatoms. The topological polar surface area (TPSA) is 42.7 Å². The second-order valence-corrected chi connectivity index (χ2v) is 3.86. The summed E-state index contributed by atoms with van der Waals surface area (Å²) in [6, 6.07) is 1.98. The number of anilines is 1. The van der Waals surface area contributed by atoms with Crippen molar-refractivity contribution in [1.29, 1.82) is 0 Å². The molecule has 2 rings (SSSR count). The van der Waals surface area contributed by atoms with Crippen LogP contribution >= 0.6 is 0 Å². The molecule has 1 unspecified atom stereocenters. The summed E-state index contributed by atoms with van der Waals surface area (Å²) in [7, 11) is 0. The SMILES string of the molecule is CC(Cn1cccn1)Nc1nc(F)c(F)cc1F. The predicted molar refractivity (Wildman–Crippen MR) is 59.4 cm³/mol. The van der Waals surface area contributed by atoms with Crippen molar-refractivity contribution in [3.63, 3.8) is 0 Å². The van der Waals surface area contributed by atoms with Gasteiger partial charge in [-0.3, -0.25) is 4.68 Å². The van der Waals surface area contributed by atoms with E-state index < -0.39 is 17.6 Å². The molecule has 0 aliphatic rings. The molecule has 2 aromatic heterocycles. The van der Waals surface area contributed by atoms with Gasteiger partial charge in [-0.05, 0) is 13.0 Å². The summed E-state index contributed by atoms with van der Waals surface area (Å²) in [5, 5.41) is 6.64. The Morgan fingerprint density at radius 3 is 2.78 bits per heavy atom. The zero-order valence-corrected chi connectivity index (χ0v) is 9.57. The maximum atomic E-state index is 13.3. The molecule has 4 nitrogen and oxygen atoms in total. The first kappa shape index (κ1) is 12.4. The Bertz CT molecular complexity index is 527. The molecule has 2 aromatic rings. The lowest BCUT2D eigenvalue weighted by Crippen LogP contribution is -2.23. The van der Waals surface area contributed by atoms with E-state index in [1.165, 1.54) is 0 Å². The van der Waals surface area contributed by atoms with Crippen LogP contribution in [0.4, 0.5) is 19.0 Å². The maximum absolute atomic E-state index is 13.3. The second-order valence-electron chi connectivity index (χ2n) is 3.86. The third-order valence-electron chi connectivity index (χ3n) is 2.29. The van der Waals surface area contributed by atoms with E-state index in [0.29, 0.717) is 12.6 Å². The first-order valence-corrected chi connectivity index (χ1v) is 5.32. The van der Waals surface area contributed by atoms with E-state index in [0.717, 1.165) is 0 Å². The summed E-state index contributed by atoms with van der Waals surface area (Å²) < 4.78 is 40.5. The largest absolute Gasteiger partial charge is 0.363 e. The molecule has 0 aliphatic heterocycles. The van der Waals surface area contributed by atoms with Gasteiger partial charge in [-0.15, -0.1) is 0 Å². The number of halogens is 3. The van der Waals surface area contributed by atoms with E-state index >= 15 is 0 Å². The molecule has 18 heavy (non-hydrogen) atoms. The van der Waals surface area contributed by atoms with Crippen molar-refractivity contribution in [2.75, 3.05) is 5.32 Å². The molecular formula is C11H11F3N4. The zero-order chi connectivity index (χ0) is 13.1. The van der Waals surface area contributed by atoms with E-state index in [-0.39, 0.29) is 11.9 Å². The lowest BCUT2D eigenvalue weighted by molar-refractivity contribution is 0.464. The Morgan fingerprint density at radius 2 is 2.11 bits per heavy atom. The van der Waals surface area contributed by atoms with Crippen LogP contribution in [0.3, 0.4) is 0 Å². The summed E-state index contributed by atoms with van der Waals surface area (Å²) in [5.41, 5.74) is 0. The van der Waals surface area contributed by atoms with E-state index in [1.54, 1.807) is 30.1 Å². The highest BCUT2D eigenvalue weighted by atomic mass is 19.2.